The van der Waals surface area contributed by atoms with Crippen LogP contribution in [0.5, 0.6) is 0 Å². The van der Waals surface area contributed by atoms with Crippen LogP contribution in [0.25, 0.3) is 0 Å². The highest BCUT2D eigenvalue weighted by molar-refractivity contribution is 7.88. The van der Waals surface area contributed by atoms with Gasteiger partial charge < -0.3 is 5.32 Å². The second-order valence-electron chi connectivity index (χ2n) is 7.99. The average Bonchev–Trinajstić information content (AvgIpc) is 2.75. The van der Waals surface area contributed by atoms with Gasteiger partial charge in [0.2, 0.25) is 15.9 Å². The number of nitrogens with one attached hydrogen (secondary N) is 1. The number of piperidine rings is 1. The highest BCUT2D eigenvalue weighted by Crippen LogP contribution is 2.27. The molecule has 2 aromatic rings. The zero-order valence-corrected chi connectivity index (χ0v) is 20.1. The lowest BCUT2D eigenvalue weighted by molar-refractivity contribution is -0.126. The van der Waals surface area contributed by atoms with Crippen molar-refractivity contribution in [3.8, 4) is 0 Å². The smallest absolute Gasteiger partial charge is 0.223 e. The largest absolute Gasteiger partial charge is 0.349 e. The Bertz CT molecular complexity index is 1020. The molecule has 1 heterocycles. The zero-order chi connectivity index (χ0) is 22.6. The summed E-state index contributed by atoms with van der Waals surface area (Å²) >= 11 is 12.0. The highest BCUT2D eigenvalue weighted by atomic mass is 35.5. The Morgan fingerprint density at radius 1 is 1.13 bits per heavy atom. The number of carbonyl (C=O) groups excluding carboxylic acids is 1. The molecule has 1 N–H and O–H groups in total. The maximum absolute atomic E-state index is 12.8. The summed E-state index contributed by atoms with van der Waals surface area (Å²) in [4.78, 5) is 12.7. The van der Waals surface area contributed by atoms with Gasteiger partial charge in [-0.05, 0) is 55.0 Å². The van der Waals surface area contributed by atoms with E-state index in [-0.39, 0.29) is 23.6 Å². The molecule has 1 saturated heterocycles. The molecule has 1 aliphatic rings. The molecule has 0 unspecified atom stereocenters. The minimum absolute atomic E-state index is 0.0233. The van der Waals surface area contributed by atoms with E-state index in [4.69, 9.17) is 23.2 Å². The standard InChI is InChI=1S/C23H28Cl2N2O3S/c1-3-17-4-6-18(7-5-17)16(2)26-23(28)19-10-12-27(13-11-19)31(29,30)15-20-8-9-21(24)14-22(20)25/h4-9,14,16,19H,3,10-13,15H2,1-2H3,(H,26,28)/t16-/m0/s1. The molecule has 0 aliphatic carbocycles. The van der Waals surface area contributed by atoms with Gasteiger partial charge in [-0.25, -0.2) is 12.7 Å². The van der Waals surface area contributed by atoms with Crippen LogP contribution in [-0.2, 0) is 27.0 Å². The van der Waals surface area contributed by atoms with Crippen LogP contribution in [0.4, 0.5) is 0 Å². The van der Waals surface area contributed by atoms with Crippen LogP contribution in [0.3, 0.4) is 0 Å². The summed E-state index contributed by atoms with van der Waals surface area (Å²) in [5.74, 6) is -0.391. The summed E-state index contributed by atoms with van der Waals surface area (Å²) in [6.07, 6.45) is 1.98. The molecule has 0 aromatic heterocycles. The van der Waals surface area contributed by atoms with Crippen molar-refractivity contribution in [2.75, 3.05) is 13.1 Å². The summed E-state index contributed by atoms with van der Waals surface area (Å²) < 4.78 is 27.1. The van der Waals surface area contributed by atoms with Crippen molar-refractivity contribution in [1.82, 2.24) is 9.62 Å². The molecule has 0 spiro atoms. The summed E-state index contributed by atoms with van der Waals surface area (Å²) in [6.45, 7) is 4.72. The van der Waals surface area contributed by atoms with Crippen LogP contribution < -0.4 is 5.32 Å². The van der Waals surface area contributed by atoms with Gasteiger partial charge in [-0.15, -0.1) is 0 Å². The van der Waals surface area contributed by atoms with Crippen LogP contribution in [0, 0.1) is 5.92 Å². The van der Waals surface area contributed by atoms with Gasteiger partial charge in [0.15, 0.2) is 0 Å². The average molecular weight is 483 g/mol. The number of amides is 1. The molecule has 0 radical (unpaired) electrons. The predicted octanol–water partition coefficient (Wildman–Crippen LogP) is 4.98. The molecule has 1 fully saturated rings. The normalized spacial score (nSPS) is 16.8. The molecule has 0 bridgehead atoms. The molecule has 3 rings (SSSR count). The third-order valence-electron chi connectivity index (χ3n) is 5.82. The molecule has 1 aliphatic heterocycles. The molecule has 168 valence electrons. The first-order valence-corrected chi connectivity index (χ1v) is 12.9. The van der Waals surface area contributed by atoms with Gasteiger partial charge in [0.05, 0.1) is 11.8 Å². The first kappa shape index (κ1) is 24.1. The Balaban J connectivity index is 1.54. The van der Waals surface area contributed by atoms with Crippen molar-refractivity contribution in [1.29, 1.82) is 0 Å². The van der Waals surface area contributed by atoms with Crippen LogP contribution in [0.2, 0.25) is 10.0 Å². The second kappa shape index (κ2) is 10.3. The highest BCUT2D eigenvalue weighted by Gasteiger charge is 2.32. The third kappa shape index (κ3) is 6.22. The Morgan fingerprint density at radius 3 is 2.35 bits per heavy atom. The van der Waals surface area contributed by atoms with Gasteiger partial charge in [-0.1, -0.05) is 60.5 Å². The van der Waals surface area contributed by atoms with Gasteiger partial charge >= 0.3 is 0 Å². The molecule has 0 saturated carbocycles. The fourth-order valence-corrected chi connectivity index (χ4v) is 5.93. The molecule has 31 heavy (non-hydrogen) atoms. The van der Waals surface area contributed by atoms with Crippen molar-refractivity contribution in [3.63, 3.8) is 0 Å². The molecule has 1 amide bonds. The van der Waals surface area contributed by atoms with Crippen molar-refractivity contribution < 1.29 is 13.2 Å². The molecule has 5 nitrogen and oxygen atoms in total. The Kier molecular flexibility index (Phi) is 8.03. The summed E-state index contributed by atoms with van der Waals surface area (Å²) in [5, 5.41) is 3.88. The fourth-order valence-electron chi connectivity index (χ4n) is 3.78. The molecule has 2 aromatic carbocycles. The van der Waals surface area contributed by atoms with Crippen LogP contribution in [0.1, 0.15) is 49.4 Å². The number of sulfonamides is 1. The first-order valence-electron chi connectivity index (χ1n) is 10.5. The van der Waals surface area contributed by atoms with Crippen molar-refractivity contribution in [3.05, 3.63) is 69.2 Å². The first-order chi connectivity index (χ1) is 14.7. The number of carbonyl (C=O) groups is 1. The van der Waals surface area contributed by atoms with Crippen molar-refractivity contribution in [2.24, 2.45) is 5.92 Å². The van der Waals surface area contributed by atoms with Gasteiger partial charge in [-0.2, -0.15) is 0 Å². The lowest BCUT2D eigenvalue weighted by atomic mass is 9.96. The fraction of sp³-hybridized carbons (Fsp3) is 0.435. The van der Waals surface area contributed by atoms with Gasteiger partial charge in [0, 0.05) is 29.1 Å². The lowest BCUT2D eigenvalue weighted by Gasteiger charge is -2.31. The molecular weight excluding hydrogens is 455 g/mol. The van der Waals surface area contributed by atoms with Crippen molar-refractivity contribution in [2.45, 2.75) is 44.9 Å². The van der Waals surface area contributed by atoms with Crippen molar-refractivity contribution >= 4 is 39.1 Å². The van der Waals surface area contributed by atoms with E-state index in [2.05, 4.69) is 24.4 Å². The van der Waals surface area contributed by atoms with E-state index in [9.17, 15) is 13.2 Å². The molecular formula is C23H28Cl2N2O3S. The zero-order valence-electron chi connectivity index (χ0n) is 17.8. The summed E-state index contributed by atoms with van der Waals surface area (Å²) in [7, 11) is -3.52. The van der Waals surface area contributed by atoms with E-state index in [1.54, 1.807) is 18.2 Å². The van der Waals surface area contributed by atoms with Gasteiger partial charge in [0.25, 0.3) is 0 Å². The van der Waals surface area contributed by atoms with E-state index in [0.29, 0.717) is 41.5 Å². The van der Waals surface area contributed by atoms with E-state index in [0.717, 1.165) is 12.0 Å². The second-order valence-corrected chi connectivity index (χ2v) is 10.8. The van der Waals surface area contributed by atoms with Crippen LogP contribution in [0.15, 0.2) is 42.5 Å². The van der Waals surface area contributed by atoms with E-state index in [1.807, 2.05) is 19.1 Å². The molecule has 8 heteroatoms. The number of halogens is 2. The van der Waals surface area contributed by atoms with E-state index >= 15 is 0 Å². The number of hydrogen-bond donors (Lipinski definition) is 1. The van der Waals surface area contributed by atoms with Gasteiger partial charge in [0.1, 0.15) is 0 Å². The Labute approximate surface area is 194 Å². The summed E-state index contributed by atoms with van der Waals surface area (Å²) in [5.41, 5.74) is 2.84. The maximum atomic E-state index is 12.8. The van der Waals surface area contributed by atoms with Crippen LogP contribution in [-0.4, -0.2) is 31.7 Å². The predicted molar refractivity (Wildman–Crippen MR) is 126 cm³/mol. The number of rotatable bonds is 7. The molecule has 1 atom stereocenters. The quantitative estimate of drug-likeness (QED) is 0.605. The lowest BCUT2D eigenvalue weighted by Crippen LogP contribution is -2.43. The van der Waals surface area contributed by atoms with Gasteiger partial charge in [-0.3, -0.25) is 4.79 Å². The van der Waals surface area contributed by atoms with E-state index < -0.39 is 10.0 Å². The van der Waals surface area contributed by atoms with Crippen LogP contribution >= 0.6 is 23.2 Å². The summed E-state index contributed by atoms with van der Waals surface area (Å²) in [6, 6.07) is 13.0. The number of benzene rings is 2. The van der Waals surface area contributed by atoms with E-state index in [1.165, 1.54) is 9.87 Å². The number of aryl methyl sites for hydroxylation is 1. The SMILES string of the molecule is CCc1ccc([C@H](C)NC(=O)C2CCN(S(=O)(=O)Cc3ccc(Cl)cc3Cl)CC2)cc1. The topological polar surface area (TPSA) is 66.5 Å². The minimum Gasteiger partial charge on any atom is -0.349 e. The monoisotopic (exact) mass is 482 g/mol. The minimum atomic E-state index is -3.52. The third-order valence-corrected chi connectivity index (χ3v) is 8.23. The Morgan fingerprint density at radius 2 is 1.77 bits per heavy atom. The number of nitrogens with zero attached hydrogens (tertiary/aromatic N) is 1. The Hall–Kier alpha value is -1.60. The maximum Gasteiger partial charge on any atom is 0.223 e. The number of hydrogen-bond acceptors (Lipinski definition) is 3.